The summed E-state index contributed by atoms with van der Waals surface area (Å²) in [6, 6.07) is 8.52. The van der Waals surface area contributed by atoms with Crippen molar-refractivity contribution in [3.8, 4) is 0 Å². The molecule has 72 valence electrons. The molecule has 0 heterocycles. The van der Waals surface area contributed by atoms with Crippen LogP contribution in [0.4, 0.5) is 0 Å². The summed E-state index contributed by atoms with van der Waals surface area (Å²) in [4.78, 5) is 0. The minimum absolute atomic E-state index is 0.636. The molecule has 1 aliphatic rings. The second kappa shape index (κ2) is 5.75. The first-order chi connectivity index (χ1) is 6.77. The van der Waals surface area contributed by atoms with Crippen LogP contribution in [0.1, 0.15) is 25.0 Å². The Bertz CT molecular complexity index is 329. The van der Waals surface area contributed by atoms with Crippen molar-refractivity contribution in [3.63, 3.8) is 0 Å². The van der Waals surface area contributed by atoms with Crippen LogP contribution in [0, 0.1) is 12.3 Å². The van der Waals surface area contributed by atoms with Gasteiger partial charge in [0.25, 0.3) is 0 Å². The first-order valence-corrected chi connectivity index (χ1v) is 6.76. The summed E-state index contributed by atoms with van der Waals surface area (Å²) in [5.74, 6) is 0.636. The van der Waals surface area contributed by atoms with E-state index in [1.54, 1.807) is 0 Å². The zero-order valence-corrected chi connectivity index (χ0v) is 10.7. The van der Waals surface area contributed by atoms with Crippen LogP contribution in [0.5, 0.6) is 0 Å². The van der Waals surface area contributed by atoms with E-state index in [4.69, 9.17) is 0 Å². The number of rotatable bonds is 1. The molecule has 0 atom stereocenters. The van der Waals surface area contributed by atoms with E-state index in [0.717, 1.165) is 0 Å². The predicted molar refractivity (Wildman–Crippen MR) is 58.5 cm³/mol. The van der Waals surface area contributed by atoms with E-state index >= 15 is 0 Å². The summed E-state index contributed by atoms with van der Waals surface area (Å²) >= 11 is 1.47. The van der Waals surface area contributed by atoms with E-state index < -0.39 is 0 Å². The first-order valence-electron chi connectivity index (χ1n) is 4.61. The van der Waals surface area contributed by atoms with Crippen LogP contribution in [0.2, 0.25) is 0 Å². The number of hydrogen-bond donors (Lipinski definition) is 0. The molecular weight excluding hydrogens is 227 g/mol. The van der Waals surface area contributed by atoms with Crippen molar-refractivity contribution < 1.29 is 19.4 Å². The van der Waals surface area contributed by atoms with E-state index in [9.17, 15) is 0 Å². The Kier molecular flexibility index (Phi) is 4.94. The molecule has 2 heteroatoms. The first kappa shape index (κ1) is 12.0. The third-order valence-electron chi connectivity index (χ3n) is 2.31. The van der Waals surface area contributed by atoms with Gasteiger partial charge in [-0.15, -0.1) is 0 Å². The quantitative estimate of drug-likeness (QED) is 0.652. The Hall–Kier alpha value is -0.0357. The molecule has 0 amide bonds. The second-order valence-corrected chi connectivity index (χ2v) is 3.57. The zero-order chi connectivity index (χ0) is 10.6. The Morgan fingerprint density at radius 2 is 1.64 bits per heavy atom. The fourth-order valence-electron chi connectivity index (χ4n) is 1.51. The molecule has 1 radical (unpaired) electrons. The van der Waals surface area contributed by atoms with Crippen LogP contribution in [-0.2, 0) is 19.4 Å². The normalized spacial score (nSPS) is 12.9. The monoisotopic (exact) mass is 240 g/mol. The Labute approximate surface area is 102 Å². The summed E-state index contributed by atoms with van der Waals surface area (Å²) in [7, 11) is 4.64. The third kappa shape index (κ3) is 2.73. The van der Waals surface area contributed by atoms with Gasteiger partial charge in [-0.25, -0.2) is 0 Å². The van der Waals surface area contributed by atoms with Gasteiger partial charge in [-0.2, -0.15) is 0 Å². The maximum atomic E-state index is 4.64. The van der Waals surface area contributed by atoms with E-state index in [2.05, 4.69) is 59.9 Å². The van der Waals surface area contributed by atoms with Gasteiger partial charge in [0.15, 0.2) is 0 Å². The number of halogens is 1. The van der Waals surface area contributed by atoms with Gasteiger partial charge in [0, 0.05) is 6.42 Å². The van der Waals surface area contributed by atoms with Gasteiger partial charge >= 0.3 is 28.7 Å². The van der Waals surface area contributed by atoms with Crippen molar-refractivity contribution in [1.82, 2.24) is 0 Å². The van der Waals surface area contributed by atoms with Gasteiger partial charge in [-0.3, -0.25) is 0 Å². The number of hydrogen-bond acceptors (Lipinski definition) is 0. The molecule has 0 N–H and O–H groups in total. The minimum atomic E-state index is 0.636. The van der Waals surface area contributed by atoms with Gasteiger partial charge < -0.3 is 0 Å². The topological polar surface area (TPSA) is 0 Å². The summed E-state index contributed by atoms with van der Waals surface area (Å²) in [5, 5.41) is 0. The number of fused-ring (bicyclic) bond motifs is 1. The van der Waals surface area contributed by atoms with E-state index in [0.29, 0.717) is 5.92 Å². The molecule has 0 aromatic heterocycles. The van der Waals surface area contributed by atoms with Gasteiger partial charge in [-0.1, -0.05) is 49.8 Å². The zero-order valence-electron chi connectivity index (χ0n) is 8.42. The average molecular weight is 241 g/mol. The molecule has 0 fully saturated rings. The fourth-order valence-corrected chi connectivity index (χ4v) is 1.51. The molecule has 0 aliphatic heterocycles. The Balaban J connectivity index is 0.000000461. The van der Waals surface area contributed by atoms with Crippen molar-refractivity contribution in [3.05, 3.63) is 47.4 Å². The Morgan fingerprint density at radius 3 is 2.14 bits per heavy atom. The van der Waals surface area contributed by atoms with Gasteiger partial charge in [0.1, 0.15) is 0 Å². The predicted octanol–water partition coefficient (Wildman–Crippen LogP) is 3.98. The fraction of sp³-hybridized carbons (Fsp3) is 0.250. The van der Waals surface area contributed by atoms with Crippen LogP contribution in [-0.4, -0.2) is 0 Å². The molecule has 1 aromatic carbocycles. The van der Waals surface area contributed by atoms with Crippen LogP contribution < -0.4 is 0 Å². The molecule has 0 saturated carbocycles. The second-order valence-electron chi connectivity index (χ2n) is 3.57. The van der Waals surface area contributed by atoms with Crippen LogP contribution in [0.3, 0.4) is 0 Å². The van der Waals surface area contributed by atoms with Crippen molar-refractivity contribution in [2.45, 2.75) is 13.8 Å². The Morgan fingerprint density at radius 1 is 1.07 bits per heavy atom. The van der Waals surface area contributed by atoms with Crippen molar-refractivity contribution in [2.75, 3.05) is 0 Å². The molecule has 0 saturated heterocycles. The van der Waals surface area contributed by atoms with Gasteiger partial charge in [0.2, 0.25) is 0 Å². The summed E-state index contributed by atoms with van der Waals surface area (Å²) in [5.41, 5.74) is 4.17. The SMILES string of the molecule is CC(C)C1=Cc2ccccc2[CH]1.[Cl][Ti]. The van der Waals surface area contributed by atoms with Crippen molar-refractivity contribution in [2.24, 2.45) is 5.92 Å². The number of allylic oxidation sites excluding steroid dienone is 1. The van der Waals surface area contributed by atoms with Crippen molar-refractivity contribution >= 4 is 15.4 Å². The van der Waals surface area contributed by atoms with Crippen LogP contribution >= 0.6 is 9.30 Å². The van der Waals surface area contributed by atoms with Crippen LogP contribution in [0.25, 0.3) is 6.08 Å². The molecule has 1 aromatic rings. The standard InChI is InChI=1S/C12H13.ClH.Ti/c1-9(2)12-7-10-5-3-4-6-11(10)8-12;;/h3-9H,1-2H3;1H;/q;;+1/p-1. The summed E-state index contributed by atoms with van der Waals surface area (Å²) in [6.07, 6.45) is 4.56. The average Bonchev–Trinajstić information content (AvgIpc) is 2.64. The summed E-state index contributed by atoms with van der Waals surface area (Å²) < 4.78 is 0. The van der Waals surface area contributed by atoms with Gasteiger partial charge in [0.05, 0.1) is 0 Å². The molecule has 0 unspecified atom stereocenters. The van der Waals surface area contributed by atoms with E-state index in [1.807, 2.05) is 0 Å². The summed E-state index contributed by atoms with van der Waals surface area (Å²) in [6.45, 7) is 4.46. The molecular formula is C12H13ClTi. The van der Waals surface area contributed by atoms with Crippen molar-refractivity contribution in [1.29, 1.82) is 0 Å². The molecule has 0 bridgehead atoms. The third-order valence-corrected chi connectivity index (χ3v) is 2.31. The molecule has 14 heavy (non-hydrogen) atoms. The van der Waals surface area contributed by atoms with E-state index in [-0.39, 0.29) is 0 Å². The van der Waals surface area contributed by atoms with Gasteiger partial charge in [-0.05, 0) is 17.0 Å². The maximum absolute atomic E-state index is 4.64. The molecule has 2 rings (SSSR count). The number of benzene rings is 1. The van der Waals surface area contributed by atoms with Crippen LogP contribution in [0.15, 0.2) is 29.8 Å². The molecule has 0 nitrogen and oxygen atoms in total. The molecule has 0 spiro atoms. The molecule has 1 aliphatic carbocycles. The van der Waals surface area contributed by atoms with E-state index in [1.165, 1.54) is 36.1 Å².